The first-order valence-corrected chi connectivity index (χ1v) is 4.19. The van der Waals surface area contributed by atoms with Gasteiger partial charge in [-0.15, -0.1) is 0 Å². The van der Waals surface area contributed by atoms with Crippen LogP contribution in [0.15, 0.2) is 11.6 Å². The highest BCUT2D eigenvalue weighted by Crippen LogP contribution is 2.12. The maximum Gasteiger partial charge on any atom is 0.0622 e. The highest BCUT2D eigenvalue weighted by Gasteiger charge is 2.19. The highest BCUT2D eigenvalue weighted by molar-refractivity contribution is 6.29. The number of ether oxygens (including phenoxy) is 1. The molecule has 64 valence electrons. The van der Waals surface area contributed by atoms with Gasteiger partial charge in [0, 0.05) is 24.2 Å². The third-order valence-electron chi connectivity index (χ3n) is 1.95. The van der Waals surface area contributed by atoms with Crippen molar-refractivity contribution in [1.29, 1.82) is 0 Å². The Labute approximate surface area is 72.8 Å². The van der Waals surface area contributed by atoms with E-state index in [0.29, 0.717) is 11.1 Å². The molecule has 1 heterocycles. The lowest BCUT2D eigenvalue weighted by Crippen LogP contribution is -2.32. The largest absolute Gasteiger partial charge is 0.380 e. The van der Waals surface area contributed by atoms with Crippen LogP contribution in [-0.4, -0.2) is 37.7 Å². The third-order valence-corrected chi connectivity index (χ3v) is 2.07. The molecule has 0 radical (unpaired) electrons. The molecule has 1 rings (SSSR count). The number of hydrogen-bond acceptors (Lipinski definition) is 2. The van der Waals surface area contributed by atoms with Crippen LogP contribution in [0.3, 0.4) is 0 Å². The summed E-state index contributed by atoms with van der Waals surface area (Å²) in [6.07, 6.45) is 1.11. The standard InChI is InChI=1S/C8H14ClNO/c1-7(9)5-10(2)8-3-4-11-6-8/h8H,1,3-6H2,2H3. The topological polar surface area (TPSA) is 12.5 Å². The van der Waals surface area contributed by atoms with Crippen LogP contribution >= 0.6 is 11.6 Å². The van der Waals surface area contributed by atoms with E-state index in [1.165, 1.54) is 0 Å². The molecular weight excluding hydrogens is 162 g/mol. The summed E-state index contributed by atoms with van der Waals surface area (Å²) in [6.45, 7) is 6.12. The minimum Gasteiger partial charge on any atom is -0.380 e. The average Bonchev–Trinajstić information content (AvgIpc) is 2.35. The first-order valence-electron chi connectivity index (χ1n) is 3.81. The van der Waals surface area contributed by atoms with E-state index in [2.05, 4.69) is 11.5 Å². The molecule has 1 fully saturated rings. The Morgan fingerprint density at radius 3 is 3.00 bits per heavy atom. The zero-order chi connectivity index (χ0) is 8.27. The highest BCUT2D eigenvalue weighted by atomic mass is 35.5. The molecule has 0 aromatic heterocycles. The van der Waals surface area contributed by atoms with E-state index in [9.17, 15) is 0 Å². The fourth-order valence-corrected chi connectivity index (χ4v) is 1.46. The fraction of sp³-hybridized carbons (Fsp3) is 0.750. The molecule has 11 heavy (non-hydrogen) atoms. The van der Waals surface area contributed by atoms with Crippen molar-refractivity contribution in [2.45, 2.75) is 12.5 Å². The smallest absolute Gasteiger partial charge is 0.0622 e. The Hall–Kier alpha value is -0.0500. The molecule has 0 aromatic rings. The van der Waals surface area contributed by atoms with Gasteiger partial charge in [-0.25, -0.2) is 0 Å². The summed E-state index contributed by atoms with van der Waals surface area (Å²) in [6, 6.07) is 0.533. The van der Waals surface area contributed by atoms with Gasteiger partial charge in [0.1, 0.15) is 0 Å². The van der Waals surface area contributed by atoms with Crippen LogP contribution in [0.4, 0.5) is 0 Å². The van der Waals surface area contributed by atoms with Crippen molar-refractivity contribution in [2.75, 3.05) is 26.8 Å². The second-order valence-corrected chi connectivity index (χ2v) is 3.48. The molecule has 2 nitrogen and oxygen atoms in total. The van der Waals surface area contributed by atoms with Gasteiger partial charge >= 0.3 is 0 Å². The van der Waals surface area contributed by atoms with Gasteiger partial charge in [0.25, 0.3) is 0 Å². The van der Waals surface area contributed by atoms with Gasteiger partial charge in [0.05, 0.1) is 6.61 Å². The molecule has 0 amide bonds. The lowest BCUT2D eigenvalue weighted by molar-refractivity contribution is 0.164. The Morgan fingerprint density at radius 2 is 2.55 bits per heavy atom. The molecule has 3 heteroatoms. The van der Waals surface area contributed by atoms with Gasteiger partial charge in [-0.2, -0.15) is 0 Å². The van der Waals surface area contributed by atoms with Crippen molar-refractivity contribution >= 4 is 11.6 Å². The minimum absolute atomic E-state index is 0.533. The summed E-state index contributed by atoms with van der Waals surface area (Å²) in [5.41, 5.74) is 0. The average molecular weight is 176 g/mol. The van der Waals surface area contributed by atoms with Gasteiger partial charge in [0.2, 0.25) is 0 Å². The summed E-state index contributed by atoms with van der Waals surface area (Å²) in [5, 5.41) is 0.694. The van der Waals surface area contributed by atoms with Gasteiger partial charge in [-0.3, -0.25) is 4.90 Å². The lowest BCUT2D eigenvalue weighted by Gasteiger charge is -2.21. The summed E-state index contributed by atoms with van der Waals surface area (Å²) in [4.78, 5) is 2.18. The van der Waals surface area contributed by atoms with Crippen molar-refractivity contribution in [1.82, 2.24) is 4.90 Å². The Morgan fingerprint density at radius 1 is 1.82 bits per heavy atom. The van der Waals surface area contributed by atoms with Gasteiger partial charge in [-0.05, 0) is 13.5 Å². The van der Waals surface area contributed by atoms with Crippen LogP contribution in [-0.2, 0) is 4.74 Å². The predicted octanol–water partition coefficient (Wildman–Crippen LogP) is 1.46. The minimum atomic E-state index is 0.533. The zero-order valence-electron chi connectivity index (χ0n) is 6.85. The quantitative estimate of drug-likeness (QED) is 0.644. The number of hydrogen-bond donors (Lipinski definition) is 0. The van der Waals surface area contributed by atoms with Gasteiger partial charge in [-0.1, -0.05) is 18.2 Å². The van der Waals surface area contributed by atoms with E-state index in [0.717, 1.165) is 26.2 Å². The van der Waals surface area contributed by atoms with Crippen molar-refractivity contribution < 1.29 is 4.74 Å². The van der Waals surface area contributed by atoms with Crippen molar-refractivity contribution in [3.8, 4) is 0 Å². The molecular formula is C8H14ClNO. The molecule has 0 spiro atoms. The van der Waals surface area contributed by atoms with Crippen molar-refractivity contribution in [3.05, 3.63) is 11.6 Å². The Balaban J connectivity index is 2.28. The summed E-state index contributed by atoms with van der Waals surface area (Å²) >= 11 is 5.67. The normalized spacial score (nSPS) is 24.5. The van der Waals surface area contributed by atoms with Crippen LogP contribution in [0.25, 0.3) is 0 Å². The fourth-order valence-electron chi connectivity index (χ4n) is 1.27. The molecule has 0 N–H and O–H groups in total. The van der Waals surface area contributed by atoms with Crippen molar-refractivity contribution in [2.24, 2.45) is 0 Å². The monoisotopic (exact) mass is 175 g/mol. The summed E-state index contributed by atoms with van der Waals surface area (Å²) in [7, 11) is 2.05. The maximum absolute atomic E-state index is 5.67. The molecule has 0 aliphatic carbocycles. The van der Waals surface area contributed by atoms with E-state index in [-0.39, 0.29) is 0 Å². The molecule has 0 aromatic carbocycles. The molecule has 1 unspecified atom stereocenters. The van der Waals surface area contributed by atoms with E-state index < -0.39 is 0 Å². The van der Waals surface area contributed by atoms with Crippen LogP contribution < -0.4 is 0 Å². The third kappa shape index (κ3) is 2.81. The van der Waals surface area contributed by atoms with Gasteiger partial charge < -0.3 is 4.74 Å². The number of nitrogens with zero attached hydrogens (tertiary/aromatic N) is 1. The van der Waals surface area contributed by atoms with Crippen LogP contribution in [0, 0.1) is 0 Å². The van der Waals surface area contributed by atoms with Crippen LogP contribution in [0.5, 0.6) is 0 Å². The van der Waals surface area contributed by atoms with Crippen LogP contribution in [0.1, 0.15) is 6.42 Å². The SMILES string of the molecule is C=C(Cl)CN(C)C1CCOC1. The first kappa shape index (κ1) is 9.04. The van der Waals surface area contributed by atoms with Crippen molar-refractivity contribution in [3.63, 3.8) is 0 Å². The molecule has 1 aliphatic heterocycles. The molecule has 1 saturated heterocycles. The predicted molar refractivity (Wildman–Crippen MR) is 46.8 cm³/mol. The van der Waals surface area contributed by atoms with Gasteiger partial charge in [0.15, 0.2) is 0 Å². The summed E-state index contributed by atoms with van der Waals surface area (Å²) in [5.74, 6) is 0. The molecule has 1 aliphatic rings. The van der Waals surface area contributed by atoms with E-state index in [1.807, 2.05) is 7.05 Å². The lowest BCUT2D eigenvalue weighted by atomic mass is 10.2. The molecule has 1 atom stereocenters. The van der Waals surface area contributed by atoms with E-state index >= 15 is 0 Å². The van der Waals surface area contributed by atoms with E-state index in [1.54, 1.807) is 0 Å². The maximum atomic E-state index is 5.67. The number of halogens is 1. The molecule has 0 saturated carbocycles. The number of likely N-dealkylation sites (N-methyl/N-ethyl adjacent to an activating group) is 1. The second-order valence-electron chi connectivity index (χ2n) is 2.95. The zero-order valence-corrected chi connectivity index (χ0v) is 7.60. The van der Waals surface area contributed by atoms with E-state index in [4.69, 9.17) is 16.3 Å². The van der Waals surface area contributed by atoms with Crippen LogP contribution in [0.2, 0.25) is 0 Å². The molecule has 0 bridgehead atoms. The Kier molecular flexibility index (Phi) is 3.37. The Bertz CT molecular complexity index is 143. The first-order chi connectivity index (χ1) is 5.20. The second kappa shape index (κ2) is 4.10. The number of rotatable bonds is 3. The summed E-state index contributed by atoms with van der Waals surface area (Å²) < 4.78 is 5.25.